The normalized spacial score (nSPS) is 41.5. The lowest BCUT2D eigenvalue weighted by atomic mass is 10.0. The first kappa shape index (κ1) is 9.92. The van der Waals surface area contributed by atoms with Gasteiger partial charge in [-0.2, -0.15) is 0 Å². The average Bonchev–Trinajstić information content (AvgIpc) is 2.43. The smallest absolute Gasteiger partial charge is 0.239 e. The molecule has 14 heavy (non-hydrogen) atoms. The molecular weight excluding hydrogens is 204 g/mol. The van der Waals surface area contributed by atoms with Crippen molar-refractivity contribution in [3.8, 4) is 0 Å². The first-order valence-corrected chi connectivity index (χ1v) is 6.45. The van der Waals surface area contributed by atoms with Crippen LogP contribution in [0.4, 0.5) is 0 Å². The maximum atomic E-state index is 11.6. The zero-order valence-corrected chi connectivity index (χ0v) is 8.86. The molecule has 1 heterocycles. The molecule has 2 atom stereocenters. The molecule has 0 aromatic rings. The standard InChI is InChI=1S/C8H14N2O3S/c1-14(12,13)8(6(9)11)4-7(8)2-3-10-5-7/h10H,2-5H2,1H3,(H2,9,11). The Bertz CT molecular complexity index is 383. The van der Waals surface area contributed by atoms with E-state index < -0.39 is 25.9 Å². The van der Waals surface area contributed by atoms with Crippen molar-refractivity contribution in [2.24, 2.45) is 11.1 Å². The third-order valence-electron chi connectivity index (χ3n) is 3.59. The number of nitrogens with one attached hydrogen (secondary N) is 1. The van der Waals surface area contributed by atoms with Gasteiger partial charge in [0.05, 0.1) is 0 Å². The Morgan fingerprint density at radius 1 is 1.50 bits per heavy atom. The van der Waals surface area contributed by atoms with Crippen LogP contribution >= 0.6 is 0 Å². The highest BCUT2D eigenvalue weighted by molar-refractivity contribution is 7.93. The van der Waals surface area contributed by atoms with Crippen molar-refractivity contribution in [2.75, 3.05) is 19.3 Å². The van der Waals surface area contributed by atoms with Crippen molar-refractivity contribution >= 4 is 15.7 Å². The van der Waals surface area contributed by atoms with Crippen LogP contribution in [0.15, 0.2) is 0 Å². The minimum absolute atomic E-state index is 0.390. The van der Waals surface area contributed by atoms with Crippen LogP contribution in [0.5, 0.6) is 0 Å². The summed E-state index contributed by atoms with van der Waals surface area (Å²) in [6.07, 6.45) is 2.22. The number of amides is 1. The monoisotopic (exact) mass is 218 g/mol. The lowest BCUT2D eigenvalue weighted by Gasteiger charge is -2.16. The number of hydrogen-bond acceptors (Lipinski definition) is 4. The van der Waals surface area contributed by atoms with Crippen molar-refractivity contribution < 1.29 is 13.2 Å². The quantitative estimate of drug-likeness (QED) is 0.599. The molecular formula is C8H14N2O3S. The van der Waals surface area contributed by atoms with Crippen molar-refractivity contribution in [1.29, 1.82) is 0 Å². The highest BCUT2D eigenvalue weighted by Gasteiger charge is 2.77. The number of sulfone groups is 1. The molecule has 2 aliphatic rings. The van der Waals surface area contributed by atoms with Gasteiger partial charge in [0.15, 0.2) is 14.6 Å². The van der Waals surface area contributed by atoms with Gasteiger partial charge in [0.1, 0.15) is 0 Å². The fourth-order valence-corrected chi connectivity index (χ4v) is 4.59. The van der Waals surface area contributed by atoms with Crippen molar-refractivity contribution in [1.82, 2.24) is 5.32 Å². The zero-order chi connectivity index (χ0) is 10.6. The summed E-state index contributed by atoms with van der Waals surface area (Å²) in [5, 5.41) is 3.08. The van der Waals surface area contributed by atoms with E-state index in [4.69, 9.17) is 5.73 Å². The summed E-state index contributed by atoms with van der Waals surface area (Å²) in [4.78, 5) is 11.3. The zero-order valence-electron chi connectivity index (χ0n) is 8.04. The summed E-state index contributed by atoms with van der Waals surface area (Å²) >= 11 is 0. The van der Waals surface area contributed by atoms with Crippen molar-refractivity contribution in [3.63, 3.8) is 0 Å². The van der Waals surface area contributed by atoms with E-state index in [1.165, 1.54) is 0 Å². The van der Waals surface area contributed by atoms with Gasteiger partial charge in [-0.25, -0.2) is 8.42 Å². The maximum absolute atomic E-state index is 11.6. The molecule has 1 aliphatic heterocycles. The van der Waals surface area contributed by atoms with E-state index in [2.05, 4.69) is 5.32 Å². The van der Waals surface area contributed by atoms with E-state index >= 15 is 0 Å². The largest absolute Gasteiger partial charge is 0.368 e. The molecule has 80 valence electrons. The molecule has 3 N–H and O–H groups in total. The molecule has 1 aliphatic carbocycles. The summed E-state index contributed by atoms with van der Waals surface area (Å²) in [7, 11) is -3.40. The van der Waals surface area contributed by atoms with Gasteiger partial charge in [-0.1, -0.05) is 0 Å². The van der Waals surface area contributed by atoms with Gasteiger partial charge in [0.25, 0.3) is 0 Å². The van der Waals surface area contributed by atoms with Gasteiger partial charge < -0.3 is 11.1 Å². The van der Waals surface area contributed by atoms with Gasteiger partial charge >= 0.3 is 0 Å². The molecule has 6 heteroatoms. The minimum atomic E-state index is -3.40. The minimum Gasteiger partial charge on any atom is -0.368 e. The predicted molar refractivity (Wildman–Crippen MR) is 51.3 cm³/mol. The SMILES string of the molecule is CS(=O)(=O)C1(C(N)=O)CC12CCNC2. The lowest BCUT2D eigenvalue weighted by Crippen LogP contribution is -2.43. The first-order valence-electron chi connectivity index (χ1n) is 4.56. The second-order valence-electron chi connectivity index (χ2n) is 4.35. The molecule has 2 rings (SSSR count). The van der Waals surface area contributed by atoms with Gasteiger partial charge in [-0.15, -0.1) is 0 Å². The van der Waals surface area contributed by atoms with E-state index in [1.807, 2.05) is 0 Å². The van der Waals surface area contributed by atoms with Crippen LogP contribution in [0.1, 0.15) is 12.8 Å². The maximum Gasteiger partial charge on any atom is 0.239 e. The fraction of sp³-hybridized carbons (Fsp3) is 0.875. The molecule has 1 saturated heterocycles. The summed E-state index contributed by atoms with van der Waals surface area (Å²) < 4.78 is 21.9. The van der Waals surface area contributed by atoms with E-state index in [0.29, 0.717) is 13.0 Å². The summed E-state index contributed by atoms with van der Waals surface area (Å²) in [5.74, 6) is -0.691. The molecule has 0 radical (unpaired) electrons. The van der Waals surface area contributed by atoms with Gasteiger partial charge in [0, 0.05) is 18.2 Å². The third-order valence-corrected chi connectivity index (χ3v) is 5.64. The van der Waals surface area contributed by atoms with E-state index in [1.54, 1.807) is 0 Å². The number of carbonyl (C=O) groups is 1. The van der Waals surface area contributed by atoms with Gasteiger partial charge in [-0.3, -0.25) is 4.79 Å². The summed E-state index contributed by atoms with van der Waals surface area (Å²) in [6, 6.07) is 0. The van der Waals surface area contributed by atoms with E-state index in [-0.39, 0.29) is 0 Å². The Hall–Kier alpha value is -0.620. The number of nitrogens with two attached hydrogens (primary N) is 1. The van der Waals surface area contributed by atoms with Crippen LogP contribution in [0.2, 0.25) is 0 Å². The molecule has 0 aromatic heterocycles. The molecule has 2 fully saturated rings. The second-order valence-corrected chi connectivity index (χ2v) is 6.59. The highest BCUT2D eigenvalue weighted by atomic mass is 32.2. The fourth-order valence-electron chi connectivity index (χ4n) is 2.73. The number of rotatable bonds is 2. The molecule has 2 unspecified atom stereocenters. The summed E-state index contributed by atoms with van der Waals surface area (Å²) in [6.45, 7) is 1.35. The Morgan fingerprint density at radius 2 is 2.14 bits per heavy atom. The second kappa shape index (κ2) is 2.49. The van der Waals surface area contributed by atoms with E-state index in [9.17, 15) is 13.2 Å². The molecule has 1 spiro atoms. The van der Waals surface area contributed by atoms with Gasteiger partial charge in [0.2, 0.25) is 5.91 Å². The predicted octanol–water partition coefficient (Wildman–Crippen LogP) is -1.36. The highest BCUT2D eigenvalue weighted by Crippen LogP contribution is 2.64. The van der Waals surface area contributed by atoms with Crippen LogP contribution in [-0.4, -0.2) is 38.4 Å². The molecule has 5 nitrogen and oxygen atoms in total. The number of hydrogen-bond donors (Lipinski definition) is 2. The average molecular weight is 218 g/mol. The topological polar surface area (TPSA) is 89.3 Å². The molecule has 0 aromatic carbocycles. The van der Waals surface area contributed by atoms with Crippen LogP contribution in [0.3, 0.4) is 0 Å². The Balaban J connectivity index is 2.44. The first-order chi connectivity index (χ1) is 6.36. The molecule has 0 bridgehead atoms. The number of carbonyl (C=O) groups excluding carboxylic acids is 1. The van der Waals surface area contributed by atoms with E-state index in [0.717, 1.165) is 19.2 Å². The number of primary amides is 1. The van der Waals surface area contributed by atoms with Crippen molar-refractivity contribution in [2.45, 2.75) is 17.6 Å². The molecule has 1 amide bonds. The Morgan fingerprint density at radius 3 is 2.43 bits per heavy atom. The van der Waals surface area contributed by atoms with Crippen LogP contribution < -0.4 is 11.1 Å². The van der Waals surface area contributed by atoms with Crippen molar-refractivity contribution in [3.05, 3.63) is 0 Å². The third kappa shape index (κ3) is 0.926. The van der Waals surface area contributed by atoms with Gasteiger partial charge in [-0.05, 0) is 19.4 Å². The van der Waals surface area contributed by atoms with Crippen LogP contribution in [0.25, 0.3) is 0 Å². The van der Waals surface area contributed by atoms with Crippen LogP contribution in [0, 0.1) is 5.41 Å². The van der Waals surface area contributed by atoms with Crippen LogP contribution in [-0.2, 0) is 14.6 Å². The summed E-state index contributed by atoms with van der Waals surface area (Å²) in [5.41, 5.74) is 4.82. The lowest BCUT2D eigenvalue weighted by molar-refractivity contribution is -0.118. The Labute approximate surface area is 83.0 Å². The Kier molecular flexibility index (Phi) is 1.76. The molecule has 1 saturated carbocycles.